The minimum Gasteiger partial charge on any atom is -0.497 e. The number of carbonyl (C=O) groups excluding carboxylic acids is 1. The molecular weight excluding hydrogens is 432 g/mol. The third kappa shape index (κ3) is 4.31. The number of nitrogens with one attached hydrogen (secondary N) is 3. The number of aromatic nitrogens is 2. The number of rotatable bonds is 7. The van der Waals surface area contributed by atoms with Crippen LogP contribution in [0.4, 0.5) is 22.3 Å². The van der Waals surface area contributed by atoms with Gasteiger partial charge in [-0.15, -0.1) is 0 Å². The largest absolute Gasteiger partial charge is 0.497 e. The zero-order valence-electron chi connectivity index (χ0n) is 18.2. The van der Waals surface area contributed by atoms with E-state index in [4.69, 9.17) is 9.72 Å². The number of anilines is 4. The van der Waals surface area contributed by atoms with Crippen LogP contribution < -0.4 is 15.4 Å². The van der Waals surface area contributed by atoms with Gasteiger partial charge in [-0.25, -0.2) is 4.98 Å². The summed E-state index contributed by atoms with van der Waals surface area (Å²) in [5.74, 6) is 1.22. The van der Waals surface area contributed by atoms with Gasteiger partial charge in [-0.3, -0.25) is 4.79 Å². The SMILES string of the molecule is COc1ccc(Nc2nc(Nc3ccc(C)cc3)c(C(=O)c3c[nH]c4ccccc34)s2)cc1. The van der Waals surface area contributed by atoms with Crippen LogP contribution in [0.2, 0.25) is 0 Å². The molecule has 3 aromatic carbocycles. The number of aryl methyl sites for hydroxylation is 1. The standard InChI is InChI=1S/C26H22N4O2S/c1-16-7-9-17(10-8-16)28-25-24(23(31)21-15-27-22-6-4-3-5-20(21)22)33-26(30-25)29-18-11-13-19(32-2)14-12-18/h3-15,27-28H,1-2H3,(H,29,30). The quantitative estimate of drug-likeness (QED) is 0.240. The summed E-state index contributed by atoms with van der Waals surface area (Å²) in [6.45, 7) is 2.04. The molecule has 164 valence electrons. The van der Waals surface area contributed by atoms with Crippen molar-refractivity contribution in [1.29, 1.82) is 0 Å². The van der Waals surface area contributed by atoms with Crippen molar-refractivity contribution in [1.82, 2.24) is 9.97 Å². The molecule has 0 aliphatic carbocycles. The van der Waals surface area contributed by atoms with Gasteiger partial charge in [0.05, 0.1) is 7.11 Å². The summed E-state index contributed by atoms with van der Waals surface area (Å²) in [5, 5.41) is 8.14. The molecule has 0 aliphatic heterocycles. The number of para-hydroxylation sites is 1. The van der Waals surface area contributed by atoms with Gasteiger partial charge < -0.3 is 20.4 Å². The summed E-state index contributed by atoms with van der Waals surface area (Å²) in [6, 6.07) is 23.4. The molecule has 5 aromatic rings. The molecule has 0 atom stereocenters. The summed E-state index contributed by atoms with van der Waals surface area (Å²) in [5.41, 5.74) is 4.44. The smallest absolute Gasteiger partial charge is 0.209 e. The third-order valence-electron chi connectivity index (χ3n) is 5.32. The number of hydrogen-bond donors (Lipinski definition) is 3. The minimum atomic E-state index is -0.0812. The molecule has 6 nitrogen and oxygen atoms in total. The summed E-state index contributed by atoms with van der Waals surface area (Å²) in [7, 11) is 1.63. The topological polar surface area (TPSA) is 79.0 Å². The van der Waals surface area contributed by atoms with Crippen LogP contribution in [0.1, 0.15) is 20.8 Å². The molecule has 0 bridgehead atoms. The van der Waals surface area contributed by atoms with E-state index in [1.165, 1.54) is 11.3 Å². The summed E-state index contributed by atoms with van der Waals surface area (Å²) in [4.78, 5) is 22.0. The Morgan fingerprint density at radius 2 is 1.64 bits per heavy atom. The number of hydrogen-bond acceptors (Lipinski definition) is 6. The van der Waals surface area contributed by atoms with Crippen LogP contribution in [0.3, 0.4) is 0 Å². The molecule has 0 amide bonds. The van der Waals surface area contributed by atoms with Crippen LogP contribution >= 0.6 is 11.3 Å². The molecular formula is C26H22N4O2S. The molecule has 0 aliphatic rings. The monoisotopic (exact) mass is 454 g/mol. The Hall–Kier alpha value is -4.10. The lowest BCUT2D eigenvalue weighted by Gasteiger charge is -2.06. The first-order chi connectivity index (χ1) is 16.1. The molecule has 0 saturated carbocycles. The van der Waals surface area contributed by atoms with Gasteiger partial charge in [-0.2, -0.15) is 0 Å². The number of thiazole rings is 1. The van der Waals surface area contributed by atoms with Crippen LogP contribution in [-0.4, -0.2) is 22.9 Å². The lowest BCUT2D eigenvalue weighted by Crippen LogP contribution is -2.02. The highest BCUT2D eigenvalue weighted by Crippen LogP contribution is 2.34. The molecule has 0 spiro atoms. The number of H-pyrrole nitrogens is 1. The molecule has 5 rings (SSSR count). The first-order valence-electron chi connectivity index (χ1n) is 10.5. The van der Waals surface area contributed by atoms with Gasteiger partial charge in [-0.1, -0.05) is 47.2 Å². The molecule has 0 fully saturated rings. The normalized spacial score (nSPS) is 10.8. The van der Waals surface area contributed by atoms with Crippen molar-refractivity contribution in [3.8, 4) is 5.75 Å². The average Bonchev–Trinajstić information content (AvgIpc) is 3.45. The average molecular weight is 455 g/mol. The van der Waals surface area contributed by atoms with Crippen LogP contribution in [0.5, 0.6) is 5.75 Å². The van der Waals surface area contributed by atoms with Crippen molar-refractivity contribution >= 4 is 50.3 Å². The van der Waals surface area contributed by atoms with Crippen LogP contribution in [-0.2, 0) is 0 Å². The van der Waals surface area contributed by atoms with Crippen LogP contribution in [0.15, 0.2) is 79.0 Å². The van der Waals surface area contributed by atoms with E-state index in [0.29, 0.717) is 21.4 Å². The summed E-state index contributed by atoms with van der Waals surface area (Å²) in [6.07, 6.45) is 1.76. The van der Waals surface area contributed by atoms with Gasteiger partial charge in [0, 0.05) is 34.0 Å². The Morgan fingerprint density at radius 1 is 0.939 bits per heavy atom. The van der Waals surface area contributed by atoms with Gasteiger partial charge in [0.1, 0.15) is 10.6 Å². The third-order valence-corrected chi connectivity index (χ3v) is 6.29. The van der Waals surface area contributed by atoms with Gasteiger partial charge in [0.2, 0.25) is 5.78 Å². The number of ketones is 1. The van der Waals surface area contributed by atoms with Crippen molar-refractivity contribution in [3.63, 3.8) is 0 Å². The van der Waals surface area contributed by atoms with Gasteiger partial charge in [-0.05, 0) is 49.4 Å². The fourth-order valence-corrected chi connectivity index (χ4v) is 4.46. The molecule has 7 heteroatoms. The van der Waals surface area contributed by atoms with E-state index in [-0.39, 0.29) is 5.78 Å². The van der Waals surface area contributed by atoms with E-state index >= 15 is 0 Å². The summed E-state index contributed by atoms with van der Waals surface area (Å²) < 4.78 is 5.23. The van der Waals surface area contributed by atoms with E-state index in [1.54, 1.807) is 13.3 Å². The fourth-order valence-electron chi connectivity index (χ4n) is 3.57. The molecule has 0 saturated heterocycles. The lowest BCUT2D eigenvalue weighted by molar-refractivity contribution is 0.104. The number of ether oxygens (including phenoxy) is 1. The molecule has 2 aromatic heterocycles. The van der Waals surface area contributed by atoms with Crippen molar-refractivity contribution in [2.45, 2.75) is 6.92 Å². The van der Waals surface area contributed by atoms with E-state index < -0.39 is 0 Å². The predicted molar refractivity (Wildman–Crippen MR) is 135 cm³/mol. The van der Waals surface area contributed by atoms with Crippen molar-refractivity contribution < 1.29 is 9.53 Å². The Morgan fingerprint density at radius 3 is 2.39 bits per heavy atom. The first-order valence-corrected chi connectivity index (χ1v) is 11.3. The zero-order valence-corrected chi connectivity index (χ0v) is 19.0. The Kier molecular flexibility index (Phi) is 5.54. The molecule has 0 radical (unpaired) electrons. The van der Waals surface area contributed by atoms with E-state index in [1.807, 2.05) is 79.7 Å². The predicted octanol–water partition coefficient (Wildman–Crippen LogP) is 6.66. The molecule has 0 unspecified atom stereocenters. The van der Waals surface area contributed by atoms with Crippen molar-refractivity contribution in [2.24, 2.45) is 0 Å². The maximum Gasteiger partial charge on any atom is 0.209 e. The number of carbonyl (C=O) groups is 1. The highest BCUT2D eigenvalue weighted by Gasteiger charge is 2.22. The van der Waals surface area contributed by atoms with Crippen molar-refractivity contribution in [3.05, 3.63) is 95.0 Å². The highest BCUT2D eigenvalue weighted by molar-refractivity contribution is 7.18. The highest BCUT2D eigenvalue weighted by atomic mass is 32.1. The van der Waals surface area contributed by atoms with Gasteiger partial charge in [0.15, 0.2) is 10.9 Å². The number of aromatic amines is 1. The van der Waals surface area contributed by atoms with Gasteiger partial charge in [0.25, 0.3) is 0 Å². The second-order valence-corrected chi connectivity index (χ2v) is 8.62. The number of benzene rings is 3. The molecule has 33 heavy (non-hydrogen) atoms. The second kappa shape index (κ2) is 8.80. The molecule has 2 heterocycles. The summed E-state index contributed by atoms with van der Waals surface area (Å²) >= 11 is 1.32. The fraction of sp³-hybridized carbons (Fsp3) is 0.0769. The van der Waals surface area contributed by atoms with Crippen LogP contribution in [0, 0.1) is 6.92 Å². The maximum absolute atomic E-state index is 13.6. The van der Waals surface area contributed by atoms with E-state index in [0.717, 1.165) is 33.6 Å². The Balaban J connectivity index is 1.52. The lowest BCUT2D eigenvalue weighted by atomic mass is 10.1. The Bertz CT molecular complexity index is 1420. The zero-order chi connectivity index (χ0) is 22.8. The minimum absolute atomic E-state index is 0.0812. The second-order valence-electron chi connectivity index (χ2n) is 7.62. The van der Waals surface area contributed by atoms with Crippen LogP contribution in [0.25, 0.3) is 10.9 Å². The van der Waals surface area contributed by atoms with Crippen molar-refractivity contribution in [2.75, 3.05) is 17.7 Å². The van der Waals surface area contributed by atoms with E-state index in [2.05, 4.69) is 15.6 Å². The molecule has 3 N–H and O–H groups in total. The Labute approximate surface area is 195 Å². The van der Waals surface area contributed by atoms with E-state index in [9.17, 15) is 4.79 Å². The number of nitrogens with zero attached hydrogens (tertiary/aromatic N) is 1. The maximum atomic E-state index is 13.6. The van der Waals surface area contributed by atoms with Gasteiger partial charge >= 0.3 is 0 Å². The number of methoxy groups -OCH3 is 1. The first kappa shape index (κ1) is 20.8. The number of fused-ring (bicyclic) bond motifs is 1.